The average Bonchev–Trinajstić information content (AvgIpc) is 2.50. The summed E-state index contributed by atoms with van der Waals surface area (Å²) in [7, 11) is -2.67. The van der Waals surface area contributed by atoms with Gasteiger partial charge in [0.05, 0.1) is 4.90 Å². The first-order valence-corrected chi connectivity index (χ1v) is 8.80. The van der Waals surface area contributed by atoms with Crippen molar-refractivity contribution in [3.63, 3.8) is 0 Å². The van der Waals surface area contributed by atoms with E-state index in [9.17, 15) is 13.2 Å². The number of ether oxygens (including phenoxy) is 1. The van der Waals surface area contributed by atoms with E-state index in [-0.39, 0.29) is 4.90 Å². The molecule has 124 valence electrons. The maximum Gasteiger partial charge on any atom is 0.333 e. The van der Waals surface area contributed by atoms with Crippen molar-refractivity contribution in [2.24, 2.45) is 0 Å². The van der Waals surface area contributed by atoms with Crippen molar-refractivity contribution >= 4 is 27.7 Å². The van der Waals surface area contributed by atoms with Crippen molar-refractivity contribution in [2.45, 2.75) is 37.8 Å². The first kappa shape index (κ1) is 18.7. The van der Waals surface area contributed by atoms with Crippen molar-refractivity contribution in [1.82, 2.24) is 9.62 Å². The lowest BCUT2D eigenvalue weighted by Crippen LogP contribution is -2.50. The molecule has 0 radical (unpaired) electrons. The molecule has 0 aliphatic heterocycles. The number of hydrogen-bond donors (Lipinski definition) is 1. The van der Waals surface area contributed by atoms with Gasteiger partial charge < -0.3 is 10.1 Å². The van der Waals surface area contributed by atoms with E-state index in [4.69, 9.17) is 16.3 Å². The van der Waals surface area contributed by atoms with Crippen molar-refractivity contribution in [3.8, 4) is 0 Å². The highest BCUT2D eigenvalue weighted by Gasteiger charge is 2.35. The van der Waals surface area contributed by atoms with Crippen LogP contribution in [0.25, 0.3) is 0 Å². The average molecular weight is 349 g/mol. The van der Waals surface area contributed by atoms with Crippen LogP contribution in [0.2, 0.25) is 5.02 Å². The van der Waals surface area contributed by atoms with Crippen LogP contribution in [0.15, 0.2) is 29.2 Å². The van der Waals surface area contributed by atoms with Crippen LogP contribution in [0.3, 0.4) is 0 Å². The van der Waals surface area contributed by atoms with E-state index in [1.807, 2.05) is 6.92 Å². The number of rotatable bonds is 7. The Labute approximate surface area is 136 Å². The van der Waals surface area contributed by atoms with Crippen LogP contribution in [0.5, 0.6) is 0 Å². The van der Waals surface area contributed by atoms with E-state index >= 15 is 0 Å². The molecule has 0 saturated heterocycles. The fourth-order valence-electron chi connectivity index (χ4n) is 1.85. The van der Waals surface area contributed by atoms with Crippen LogP contribution in [0.1, 0.15) is 26.7 Å². The van der Waals surface area contributed by atoms with E-state index in [1.54, 1.807) is 6.92 Å². The number of methoxy groups -OCH3 is 1. The van der Waals surface area contributed by atoms with E-state index in [2.05, 4.69) is 5.32 Å². The highest BCUT2D eigenvalue weighted by atomic mass is 35.5. The molecule has 2 amide bonds. The Kier molecular flexibility index (Phi) is 7.12. The molecule has 0 heterocycles. The predicted octanol–water partition coefficient (Wildman–Crippen LogP) is 2.83. The summed E-state index contributed by atoms with van der Waals surface area (Å²) in [6.45, 7) is 4.00. The number of nitrogens with zero attached hydrogens (tertiary/aromatic N) is 1. The third-order valence-corrected chi connectivity index (χ3v) is 5.02. The van der Waals surface area contributed by atoms with Gasteiger partial charge in [-0.15, -0.1) is 0 Å². The Morgan fingerprint density at radius 1 is 1.32 bits per heavy atom. The van der Waals surface area contributed by atoms with Gasteiger partial charge in [0, 0.05) is 18.7 Å². The molecule has 1 aromatic carbocycles. The maximum atomic E-state index is 12.7. The monoisotopic (exact) mass is 348 g/mol. The van der Waals surface area contributed by atoms with Gasteiger partial charge in [-0.1, -0.05) is 25.4 Å². The van der Waals surface area contributed by atoms with E-state index < -0.39 is 22.3 Å². The summed E-state index contributed by atoms with van der Waals surface area (Å²) in [6.07, 6.45) is 0.158. The van der Waals surface area contributed by atoms with Gasteiger partial charge in [0.1, 0.15) is 6.23 Å². The zero-order chi connectivity index (χ0) is 16.8. The Balaban J connectivity index is 3.23. The first-order valence-electron chi connectivity index (χ1n) is 6.99. The van der Waals surface area contributed by atoms with E-state index in [0.717, 1.165) is 4.31 Å². The van der Waals surface area contributed by atoms with Gasteiger partial charge in [-0.05, 0) is 37.1 Å². The lowest BCUT2D eigenvalue weighted by atomic mass is 10.4. The second-order valence-corrected chi connectivity index (χ2v) is 6.84. The summed E-state index contributed by atoms with van der Waals surface area (Å²) < 4.78 is 31.4. The largest absolute Gasteiger partial charge is 0.360 e. The molecule has 0 spiro atoms. The van der Waals surface area contributed by atoms with Gasteiger partial charge in [-0.3, -0.25) is 0 Å². The molecule has 1 N–H and O–H groups in total. The number of amides is 2. The molecule has 0 aromatic heterocycles. The minimum Gasteiger partial charge on any atom is -0.360 e. The lowest BCUT2D eigenvalue weighted by Gasteiger charge is -2.29. The first-order chi connectivity index (χ1) is 10.4. The van der Waals surface area contributed by atoms with Gasteiger partial charge in [0.25, 0.3) is 10.0 Å². The van der Waals surface area contributed by atoms with E-state index in [1.165, 1.54) is 31.4 Å². The standard InChI is InChI=1S/C14H21ClN2O4S/c1-4-10-16-14(18)17(13(5-2)21-3)22(19,20)12-8-6-11(15)7-9-12/h6-9,13H,4-5,10H2,1-3H3,(H,16,18). The number of carbonyl (C=O) groups is 1. The molecule has 0 aliphatic carbocycles. The summed E-state index contributed by atoms with van der Waals surface area (Å²) in [4.78, 5) is 12.3. The second-order valence-electron chi connectivity index (χ2n) is 4.59. The summed E-state index contributed by atoms with van der Waals surface area (Å²) >= 11 is 5.78. The number of carbonyl (C=O) groups excluding carboxylic acids is 1. The third-order valence-electron chi connectivity index (χ3n) is 2.98. The zero-order valence-electron chi connectivity index (χ0n) is 12.9. The highest BCUT2D eigenvalue weighted by molar-refractivity contribution is 7.89. The number of halogens is 1. The second kappa shape index (κ2) is 8.36. The highest BCUT2D eigenvalue weighted by Crippen LogP contribution is 2.22. The lowest BCUT2D eigenvalue weighted by molar-refractivity contribution is 0.0294. The maximum absolute atomic E-state index is 12.7. The van der Waals surface area contributed by atoms with Gasteiger partial charge >= 0.3 is 6.03 Å². The van der Waals surface area contributed by atoms with Gasteiger partial charge in [-0.25, -0.2) is 13.2 Å². The zero-order valence-corrected chi connectivity index (χ0v) is 14.4. The van der Waals surface area contributed by atoms with E-state index in [0.29, 0.717) is 24.4 Å². The van der Waals surface area contributed by atoms with Crippen LogP contribution < -0.4 is 5.32 Å². The van der Waals surface area contributed by atoms with Crippen LogP contribution >= 0.6 is 11.6 Å². The minimum absolute atomic E-state index is 0.0148. The molecule has 0 aliphatic rings. The van der Waals surface area contributed by atoms with Crippen molar-refractivity contribution in [2.75, 3.05) is 13.7 Å². The molecule has 1 atom stereocenters. The molecule has 0 fully saturated rings. The van der Waals surface area contributed by atoms with Crippen molar-refractivity contribution in [1.29, 1.82) is 0 Å². The number of hydrogen-bond acceptors (Lipinski definition) is 4. The SMILES string of the molecule is CCCNC(=O)N(C(CC)OC)S(=O)(=O)c1ccc(Cl)cc1. The van der Waals surface area contributed by atoms with Crippen molar-refractivity contribution in [3.05, 3.63) is 29.3 Å². The fourth-order valence-corrected chi connectivity index (χ4v) is 3.51. The predicted molar refractivity (Wildman–Crippen MR) is 85.3 cm³/mol. The number of benzene rings is 1. The summed E-state index contributed by atoms with van der Waals surface area (Å²) in [5, 5.41) is 2.99. The van der Waals surface area contributed by atoms with Crippen LogP contribution in [0.4, 0.5) is 4.79 Å². The molecule has 1 unspecified atom stereocenters. The minimum atomic E-state index is -4.03. The summed E-state index contributed by atoms with van der Waals surface area (Å²) in [5.41, 5.74) is 0. The Morgan fingerprint density at radius 2 is 1.91 bits per heavy atom. The number of urea groups is 1. The van der Waals surface area contributed by atoms with Crippen LogP contribution in [0, 0.1) is 0 Å². The molecule has 6 nitrogen and oxygen atoms in total. The smallest absolute Gasteiger partial charge is 0.333 e. The molecule has 1 rings (SSSR count). The molecular formula is C14H21ClN2O4S. The molecular weight excluding hydrogens is 328 g/mol. The third kappa shape index (κ3) is 4.34. The molecule has 8 heteroatoms. The molecule has 0 saturated carbocycles. The fraction of sp³-hybridized carbons (Fsp3) is 0.500. The Hall–Kier alpha value is -1.31. The van der Waals surface area contributed by atoms with Crippen LogP contribution in [-0.2, 0) is 14.8 Å². The number of nitrogens with one attached hydrogen (secondary N) is 1. The quantitative estimate of drug-likeness (QED) is 0.769. The van der Waals surface area contributed by atoms with Crippen molar-refractivity contribution < 1.29 is 17.9 Å². The normalized spacial score (nSPS) is 12.7. The van der Waals surface area contributed by atoms with Crippen LogP contribution in [-0.4, -0.2) is 38.6 Å². The van der Waals surface area contributed by atoms with Gasteiger partial charge in [-0.2, -0.15) is 4.31 Å². The summed E-state index contributed by atoms with van der Waals surface area (Å²) in [5.74, 6) is 0. The Morgan fingerprint density at radius 3 is 2.36 bits per heavy atom. The molecule has 0 bridgehead atoms. The molecule has 22 heavy (non-hydrogen) atoms. The number of sulfonamides is 1. The van der Waals surface area contributed by atoms with Gasteiger partial charge in [0.2, 0.25) is 0 Å². The summed E-state index contributed by atoms with van der Waals surface area (Å²) in [6, 6.07) is 4.94. The van der Waals surface area contributed by atoms with Gasteiger partial charge in [0.15, 0.2) is 0 Å². The molecule has 1 aromatic rings. The topological polar surface area (TPSA) is 75.7 Å². The Bertz CT molecular complexity index is 585.